The maximum absolute atomic E-state index is 6.19. The summed E-state index contributed by atoms with van der Waals surface area (Å²) in [6.45, 7) is 2.37. The molecule has 0 saturated carbocycles. The highest BCUT2D eigenvalue weighted by Gasteiger charge is 2.09. The lowest BCUT2D eigenvalue weighted by atomic mass is 10.1. The molecule has 104 valence electrons. The van der Waals surface area contributed by atoms with Crippen LogP contribution in [0.15, 0.2) is 40.9 Å². The van der Waals surface area contributed by atoms with Crippen LogP contribution in [0.2, 0.25) is 5.02 Å². The van der Waals surface area contributed by atoms with Gasteiger partial charge in [0.05, 0.1) is 5.56 Å². The van der Waals surface area contributed by atoms with Crippen molar-refractivity contribution in [3.05, 3.63) is 62.6 Å². The highest BCUT2D eigenvalue weighted by molar-refractivity contribution is 9.10. The Morgan fingerprint density at radius 1 is 1.30 bits per heavy atom. The first-order valence-electron chi connectivity index (χ1n) is 5.94. The van der Waals surface area contributed by atoms with Gasteiger partial charge in [0.2, 0.25) is 0 Å². The zero-order chi connectivity index (χ0) is 14.7. The maximum atomic E-state index is 6.19. The number of hydrogen-bond donors (Lipinski definition) is 1. The third-order valence-corrected chi connectivity index (χ3v) is 3.86. The van der Waals surface area contributed by atoms with Crippen molar-refractivity contribution in [2.24, 2.45) is 5.73 Å². The molecule has 5 heteroatoms. The second-order valence-corrected chi connectivity index (χ2v) is 6.15. The van der Waals surface area contributed by atoms with E-state index in [1.807, 2.05) is 43.3 Å². The highest BCUT2D eigenvalue weighted by atomic mass is 79.9. The summed E-state index contributed by atoms with van der Waals surface area (Å²) in [5, 5.41) is 0.694. The molecule has 0 aromatic heterocycles. The van der Waals surface area contributed by atoms with Crippen LogP contribution in [0.3, 0.4) is 0 Å². The summed E-state index contributed by atoms with van der Waals surface area (Å²) in [5.41, 5.74) is 8.45. The fourth-order valence-electron chi connectivity index (χ4n) is 1.75. The van der Waals surface area contributed by atoms with Crippen molar-refractivity contribution < 1.29 is 4.74 Å². The number of ether oxygens (including phenoxy) is 1. The van der Waals surface area contributed by atoms with Crippen LogP contribution in [0.1, 0.15) is 16.7 Å². The number of nitrogens with two attached hydrogens (primary N) is 1. The van der Waals surface area contributed by atoms with Crippen molar-refractivity contribution in [2.45, 2.75) is 13.5 Å². The lowest BCUT2D eigenvalue weighted by Gasteiger charge is -2.12. The van der Waals surface area contributed by atoms with E-state index < -0.39 is 0 Å². The Bertz CT molecular complexity index is 660. The topological polar surface area (TPSA) is 35.2 Å². The Hall–Kier alpha value is -1.10. The molecule has 0 fully saturated rings. The summed E-state index contributed by atoms with van der Waals surface area (Å²) in [6, 6.07) is 11.4. The molecule has 0 unspecified atom stereocenters. The Balaban J connectivity index is 2.20. The summed E-state index contributed by atoms with van der Waals surface area (Å²) < 4.78 is 6.69. The van der Waals surface area contributed by atoms with E-state index in [0.29, 0.717) is 27.9 Å². The van der Waals surface area contributed by atoms with Crippen molar-refractivity contribution in [3.8, 4) is 5.75 Å². The number of hydrogen-bond acceptors (Lipinski definition) is 2. The Morgan fingerprint density at radius 2 is 2.05 bits per heavy atom. The smallest absolute Gasteiger partial charge is 0.130 e. The van der Waals surface area contributed by atoms with Gasteiger partial charge in [-0.15, -0.1) is 0 Å². The van der Waals surface area contributed by atoms with Crippen LogP contribution < -0.4 is 10.5 Å². The van der Waals surface area contributed by atoms with E-state index in [0.717, 1.165) is 15.6 Å². The summed E-state index contributed by atoms with van der Waals surface area (Å²) in [7, 11) is 0. The molecule has 0 aliphatic rings. The number of rotatable bonds is 4. The molecule has 0 saturated heterocycles. The van der Waals surface area contributed by atoms with Gasteiger partial charge in [-0.1, -0.05) is 51.9 Å². The standard InChI is InChI=1S/C15H13BrClNOS/c1-9-2-3-10(13(17)6-9)8-19-14-5-4-11(16)7-12(14)15(18)20/h2-7H,8H2,1H3,(H2,18,20). The molecule has 2 aromatic rings. The predicted molar refractivity (Wildman–Crippen MR) is 90.6 cm³/mol. The van der Waals surface area contributed by atoms with Crippen LogP contribution in [0.25, 0.3) is 0 Å². The number of benzene rings is 2. The molecule has 0 bridgehead atoms. The average Bonchev–Trinajstić information content (AvgIpc) is 2.38. The molecule has 0 spiro atoms. The fraction of sp³-hybridized carbons (Fsp3) is 0.133. The SMILES string of the molecule is Cc1ccc(COc2ccc(Br)cc2C(N)=S)c(Cl)c1. The molecular formula is C15H13BrClNOS. The number of halogens is 2. The van der Waals surface area contributed by atoms with E-state index in [1.165, 1.54) is 0 Å². The molecule has 0 atom stereocenters. The van der Waals surface area contributed by atoms with Crippen LogP contribution in [0.4, 0.5) is 0 Å². The number of aryl methyl sites for hydroxylation is 1. The zero-order valence-corrected chi connectivity index (χ0v) is 14.0. The summed E-state index contributed by atoms with van der Waals surface area (Å²) in [5.74, 6) is 0.650. The molecule has 2 nitrogen and oxygen atoms in total. The third-order valence-electron chi connectivity index (χ3n) is 2.80. The lowest BCUT2D eigenvalue weighted by molar-refractivity contribution is 0.305. The minimum Gasteiger partial charge on any atom is -0.488 e. The molecule has 2 aromatic carbocycles. The second-order valence-electron chi connectivity index (χ2n) is 4.39. The molecule has 0 heterocycles. The highest BCUT2D eigenvalue weighted by Crippen LogP contribution is 2.25. The van der Waals surface area contributed by atoms with E-state index in [9.17, 15) is 0 Å². The summed E-state index contributed by atoms with van der Waals surface area (Å²) >= 11 is 14.6. The van der Waals surface area contributed by atoms with Crippen molar-refractivity contribution >= 4 is 44.7 Å². The first kappa shape index (κ1) is 15.3. The second kappa shape index (κ2) is 6.57. The molecule has 0 amide bonds. The zero-order valence-electron chi connectivity index (χ0n) is 10.8. The van der Waals surface area contributed by atoms with E-state index in [2.05, 4.69) is 15.9 Å². The molecule has 20 heavy (non-hydrogen) atoms. The average molecular weight is 371 g/mol. The van der Waals surface area contributed by atoms with Crippen molar-refractivity contribution in [1.82, 2.24) is 0 Å². The first-order chi connectivity index (χ1) is 9.47. The van der Waals surface area contributed by atoms with Crippen LogP contribution in [0, 0.1) is 6.92 Å². The van der Waals surface area contributed by atoms with Crippen LogP contribution in [0.5, 0.6) is 5.75 Å². The summed E-state index contributed by atoms with van der Waals surface area (Å²) in [6.07, 6.45) is 0. The van der Waals surface area contributed by atoms with Crippen molar-refractivity contribution in [2.75, 3.05) is 0 Å². The van der Waals surface area contributed by atoms with Crippen LogP contribution >= 0.6 is 39.7 Å². The van der Waals surface area contributed by atoms with Gasteiger partial charge in [0.1, 0.15) is 17.3 Å². The first-order valence-corrected chi connectivity index (χ1v) is 7.52. The predicted octanol–water partition coefficient (Wildman–Crippen LogP) is 4.62. The molecular weight excluding hydrogens is 358 g/mol. The molecule has 2 rings (SSSR count). The normalized spacial score (nSPS) is 10.3. The van der Waals surface area contributed by atoms with E-state index in [-0.39, 0.29) is 0 Å². The van der Waals surface area contributed by atoms with Gasteiger partial charge >= 0.3 is 0 Å². The molecule has 0 radical (unpaired) electrons. The Kier molecular flexibility index (Phi) is 5.02. The van der Waals surface area contributed by atoms with Crippen molar-refractivity contribution in [1.29, 1.82) is 0 Å². The monoisotopic (exact) mass is 369 g/mol. The molecule has 0 aliphatic carbocycles. The van der Waals surface area contributed by atoms with Gasteiger partial charge in [0.25, 0.3) is 0 Å². The minimum atomic E-state index is 0.302. The quantitative estimate of drug-likeness (QED) is 0.797. The fourth-order valence-corrected chi connectivity index (χ4v) is 2.56. The minimum absolute atomic E-state index is 0.302. The van der Waals surface area contributed by atoms with Gasteiger partial charge in [-0.3, -0.25) is 0 Å². The van der Waals surface area contributed by atoms with Gasteiger partial charge in [0, 0.05) is 15.1 Å². The van der Waals surface area contributed by atoms with Gasteiger partial charge in [0.15, 0.2) is 0 Å². The van der Waals surface area contributed by atoms with Gasteiger partial charge in [-0.25, -0.2) is 0 Å². The molecule has 2 N–H and O–H groups in total. The van der Waals surface area contributed by atoms with Gasteiger partial charge in [-0.2, -0.15) is 0 Å². The lowest BCUT2D eigenvalue weighted by Crippen LogP contribution is -2.11. The van der Waals surface area contributed by atoms with Gasteiger partial charge < -0.3 is 10.5 Å². The van der Waals surface area contributed by atoms with Gasteiger partial charge in [-0.05, 0) is 36.8 Å². The van der Waals surface area contributed by atoms with Crippen LogP contribution in [-0.2, 0) is 6.61 Å². The van der Waals surface area contributed by atoms with E-state index >= 15 is 0 Å². The molecule has 0 aliphatic heterocycles. The van der Waals surface area contributed by atoms with E-state index in [1.54, 1.807) is 0 Å². The third kappa shape index (κ3) is 3.72. The van der Waals surface area contributed by atoms with E-state index in [4.69, 9.17) is 34.3 Å². The maximum Gasteiger partial charge on any atom is 0.130 e. The van der Waals surface area contributed by atoms with Crippen LogP contribution in [-0.4, -0.2) is 4.99 Å². The Morgan fingerprint density at radius 3 is 2.70 bits per heavy atom. The Labute approximate surface area is 137 Å². The van der Waals surface area contributed by atoms with Crippen molar-refractivity contribution in [3.63, 3.8) is 0 Å². The summed E-state index contributed by atoms with van der Waals surface area (Å²) in [4.78, 5) is 0.302. The number of thiocarbonyl (C=S) groups is 1. The largest absolute Gasteiger partial charge is 0.488 e.